The van der Waals surface area contributed by atoms with Gasteiger partial charge in [-0.3, -0.25) is 9.97 Å². The Labute approximate surface area is 257 Å². The van der Waals surface area contributed by atoms with Gasteiger partial charge < -0.3 is 9.84 Å². The van der Waals surface area contributed by atoms with E-state index in [0.717, 1.165) is 22.4 Å². The summed E-state index contributed by atoms with van der Waals surface area (Å²) in [6.07, 6.45) is 1.68. The SMILES string of the molecule is CC(C)(C)c1cc(-c2cc(-c3ccccc3)nc(-c3[c-]c(Oc4ccccn4)ccc3)n2)c(O)c(C(C)(C)C)c1.[Pt]. The van der Waals surface area contributed by atoms with Crippen molar-refractivity contribution in [3.8, 4) is 51.3 Å². The van der Waals surface area contributed by atoms with E-state index in [1.165, 1.54) is 0 Å². The second-order valence-electron chi connectivity index (χ2n) is 11.9. The van der Waals surface area contributed by atoms with Crippen LogP contribution in [-0.2, 0) is 31.9 Å². The van der Waals surface area contributed by atoms with Gasteiger partial charge in [-0.15, -0.1) is 23.8 Å². The van der Waals surface area contributed by atoms with E-state index >= 15 is 0 Å². The smallest absolute Gasteiger partial charge is 0.217 e. The van der Waals surface area contributed by atoms with Gasteiger partial charge in [-0.05, 0) is 40.2 Å². The molecule has 0 atom stereocenters. The van der Waals surface area contributed by atoms with Crippen molar-refractivity contribution < 1.29 is 30.9 Å². The Hall–Kier alpha value is -3.82. The molecule has 0 fully saturated rings. The summed E-state index contributed by atoms with van der Waals surface area (Å²) >= 11 is 0. The van der Waals surface area contributed by atoms with Gasteiger partial charge in [0.25, 0.3) is 0 Å². The number of benzene rings is 3. The molecule has 0 saturated carbocycles. The summed E-state index contributed by atoms with van der Waals surface area (Å²) in [6, 6.07) is 30.5. The number of aromatic hydroxyl groups is 1. The first-order valence-corrected chi connectivity index (χ1v) is 13.4. The van der Waals surface area contributed by atoms with E-state index in [2.05, 4.69) is 64.7 Å². The van der Waals surface area contributed by atoms with Crippen LogP contribution in [-0.4, -0.2) is 20.1 Å². The zero-order valence-corrected chi connectivity index (χ0v) is 26.4. The molecule has 3 aromatic carbocycles. The summed E-state index contributed by atoms with van der Waals surface area (Å²) in [4.78, 5) is 14.2. The second kappa shape index (κ2) is 12.0. The molecular formula is C35H34N3O2Pt-. The number of hydrogen-bond donors (Lipinski definition) is 1. The number of ether oxygens (including phenoxy) is 1. The molecule has 212 valence electrons. The molecule has 0 radical (unpaired) electrons. The molecule has 1 N–H and O–H groups in total. The Bertz CT molecular complexity index is 1640. The van der Waals surface area contributed by atoms with Gasteiger partial charge in [-0.25, -0.2) is 4.98 Å². The van der Waals surface area contributed by atoms with Crippen LogP contribution >= 0.6 is 0 Å². The number of phenolic OH excluding ortho intramolecular Hbond substituents is 1. The van der Waals surface area contributed by atoms with E-state index in [0.29, 0.717) is 34.3 Å². The molecular weight excluding hydrogens is 689 g/mol. The van der Waals surface area contributed by atoms with Crippen LogP contribution < -0.4 is 4.74 Å². The van der Waals surface area contributed by atoms with Crippen LogP contribution in [0.5, 0.6) is 17.4 Å². The predicted octanol–water partition coefficient (Wildman–Crippen LogP) is 8.76. The van der Waals surface area contributed by atoms with Crippen molar-refractivity contribution in [1.82, 2.24) is 15.0 Å². The third-order valence-electron chi connectivity index (χ3n) is 6.72. The monoisotopic (exact) mass is 723 g/mol. The first-order chi connectivity index (χ1) is 19.0. The molecule has 0 saturated heterocycles. The molecule has 0 aliphatic carbocycles. The molecule has 0 amide bonds. The fourth-order valence-electron chi connectivity index (χ4n) is 4.45. The van der Waals surface area contributed by atoms with E-state index in [4.69, 9.17) is 14.7 Å². The molecule has 0 unspecified atom stereocenters. The Kier molecular flexibility index (Phi) is 8.79. The largest absolute Gasteiger partial charge is 0.507 e. The summed E-state index contributed by atoms with van der Waals surface area (Å²) < 4.78 is 5.93. The fraction of sp³-hybridized carbons (Fsp3) is 0.229. The molecule has 0 bridgehead atoms. The van der Waals surface area contributed by atoms with Gasteiger partial charge >= 0.3 is 0 Å². The first-order valence-electron chi connectivity index (χ1n) is 13.4. The number of hydrogen-bond acceptors (Lipinski definition) is 5. The van der Waals surface area contributed by atoms with Gasteiger partial charge in [0.15, 0.2) is 0 Å². The molecule has 0 aliphatic rings. The number of pyridine rings is 1. The molecule has 0 spiro atoms. The molecule has 41 heavy (non-hydrogen) atoms. The maximum atomic E-state index is 11.6. The average molecular weight is 724 g/mol. The first kappa shape index (κ1) is 30.1. The third-order valence-corrected chi connectivity index (χ3v) is 6.72. The quantitative estimate of drug-likeness (QED) is 0.184. The summed E-state index contributed by atoms with van der Waals surface area (Å²) in [7, 11) is 0. The Balaban J connectivity index is 0.00000387. The molecule has 5 rings (SSSR count). The molecule has 2 aromatic heterocycles. The van der Waals surface area contributed by atoms with Crippen molar-refractivity contribution in [3.63, 3.8) is 0 Å². The fourth-order valence-corrected chi connectivity index (χ4v) is 4.45. The molecule has 2 heterocycles. The minimum atomic E-state index is -0.261. The van der Waals surface area contributed by atoms with Gasteiger partial charge in [0, 0.05) is 50.2 Å². The normalized spacial score (nSPS) is 11.6. The average Bonchev–Trinajstić information content (AvgIpc) is 2.93. The van der Waals surface area contributed by atoms with E-state index < -0.39 is 0 Å². The van der Waals surface area contributed by atoms with Crippen molar-refractivity contribution in [3.05, 3.63) is 108 Å². The minimum absolute atomic E-state index is 0. The van der Waals surface area contributed by atoms with Crippen LogP contribution in [0, 0.1) is 6.07 Å². The van der Waals surface area contributed by atoms with Crippen molar-refractivity contribution in [2.75, 3.05) is 0 Å². The Morgan fingerprint density at radius 3 is 2.10 bits per heavy atom. The van der Waals surface area contributed by atoms with Gasteiger partial charge in [0.1, 0.15) is 5.75 Å². The van der Waals surface area contributed by atoms with Gasteiger partial charge in [-0.1, -0.05) is 90.1 Å². The molecule has 5 aromatic rings. The van der Waals surface area contributed by atoms with Crippen LogP contribution in [0.4, 0.5) is 0 Å². The van der Waals surface area contributed by atoms with Crippen molar-refractivity contribution in [2.45, 2.75) is 52.4 Å². The van der Waals surface area contributed by atoms with Crippen LogP contribution in [0.25, 0.3) is 33.9 Å². The Morgan fingerprint density at radius 1 is 0.732 bits per heavy atom. The minimum Gasteiger partial charge on any atom is -0.507 e. The zero-order chi connectivity index (χ0) is 28.5. The number of aromatic nitrogens is 3. The molecule has 0 aliphatic heterocycles. The predicted molar refractivity (Wildman–Crippen MR) is 161 cm³/mol. The molecule has 5 nitrogen and oxygen atoms in total. The maximum Gasteiger partial charge on any atom is 0.217 e. The van der Waals surface area contributed by atoms with Gasteiger partial charge in [0.05, 0.1) is 17.2 Å². The van der Waals surface area contributed by atoms with E-state index in [-0.39, 0.29) is 37.6 Å². The van der Waals surface area contributed by atoms with Crippen LogP contribution in [0.2, 0.25) is 0 Å². The van der Waals surface area contributed by atoms with Crippen LogP contribution in [0.3, 0.4) is 0 Å². The van der Waals surface area contributed by atoms with Gasteiger partial charge in [-0.2, -0.15) is 0 Å². The summed E-state index contributed by atoms with van der Waals surface area (Å²) in [5, 5.41) is 11.6. The third kappa shape index (κ3) is 6.91. The summed E-state index contributed by atoms with van der Waals surface area (Å²) in [5.41, 5.74) is 5.34. The standard InChI is InChI=1S/C35H34N3O2.Pt/c1-34(2,3)25-20-27(32(39)28(21-25)35(4,5)6)30-22-29(23-13-8-7-9-14-23)37-33(38-30)24-15-12-16-26(19-24)40-31-17-10-11-18-36-31;/h7-18,20-22,39H,1-6H3;/q-1;. The zero-order valence-electron chi connectivity index (χ0n) is 24.2. The Morgan fingerprint density at radius 2 is 1.44 bits per heavy atom. The number of rotatable bonds is 5. The maximum absolute atomic E-state index is 11.6. The summed E-state index contributed by atoms with van der Waals surface area (Å²) in [5.74, 6) is 1.72. The topological polar surface area (TPSA) is 68.1 Å². The number of nitrogens with zero attached hydrogens (tertiary/aromatic N) is 3. The van der Waals surface area contributed by atoms with Crippen molar-refractivity contribution in [1.29, 1.82) is 0 Å². The van der Waals surface area contributed by atoms with Gasteiger partial charge in [0.2, 0.25) is 5.88 Å². The van der Waals surface area contributed by atoms with Crippen LogP contribution in [0.15, 0.2) is 91.1 Å². The van der Waals surface area contributed by atoms with E-state index in [1.807, 2.05) is 66.7 Å². The summed E-state index contributed by atoms with van der Waals surface area (Å²) in [6.45, 7) is 12.9. The molecule has 6 heteroatoms. The van der Waals surface area contributed by atoms with E-state index in [9.17, 15) is 5.11 Å². The second-order valence-corrected chi connectivity index (χ2v) is 11.9. The van der Waals surface area contributed by atoms with Crippen LogP contribution in [0.1, 0.15) is 52.7 Å². The van der Waals surface area contributed by atoms with Crippen molar-refractivity contribution in [2.24, 2.45) is 0 Å². The van der Waals surface area contributed by atoms with Crippen molar-refractivity contribution >= 4 is 0 Å². The van der Waals surface area contributed by atoms with E-state index in [1.54, 1.807) is 12.3 Å². The number of phenols is 1.